The molecular formula is C15H13NO2S. The lowest BCUT2D eigenvalue weighted by molar-refractivity contribution is 0.602. The number of aryl methyl sites for hydroxylation is 1. The monoisotopic (exact) mass is 271 g/mol. The van der Waals surface area contributed by atoms with Crippen LogP contribution in [0.4, 0.5) is 0 Å². The highest BCUT2D eigenvalue weighted by Gasteiger charge is 2.12. The molecule has 0 aliphatic heterocycles. The lowest BCUT2D eigenvalue weighted by Crippen LogP contribution is -1.97. The summed E-state index contributed by atoms with van der Waals surface area (Å²) in [5.74, 6) is 0. The van der Waals surface area contributed by atoms with E-state index < -0.39 is 9.84 Å². The van der Waals surface area contributed by atoms with Crippen molar-refractivity contribution in [2.75, 3.05) is 6.26 Å². The summed E-state index contributed by atoms with van der Waals surface area (Å²) < 4.78 is 23.2. The minimum atomic E-state index is -3.25. The van der Waals surface area contributed by atoms with Gasteiger partial charge < -0.3 is 0 Å². The molecule has 2 aromatic rings. The quantitative estimate of drug-likeness (QED) is 0.843. The molecule has 0 radical (unpaired) electrons. The van der Waals surface area contributed by atoms with Crippen molar-refractivity contribution in [2.45, 2.75) is 11.8 Å². The lowest BCUT2D eigenvalue weighted by atomic mass is 9.96. The minimum Gasteiger partial charge on any atom is -0.224 e. The number of rotatable bonds is 2. The summed E-state index contributed by atoms with van der Waals surface area (Å²) in [5.41, 5.74) is 3.03. The van der Waals surface area contributed by atoms with Gasteiger partial charge in [0.25, 0.3) is 0 Å². The molecule has 0 N–H and O–H groups in total. The first-order valence-corrected chi connectivity index (χ1v) is 7.63. The Labute approximate surface area is 113 Å². The van der Waals surface area contributed by atoms with Gasteiger partial charge in [-0.25, -0.2) is 8.42 Å². The van der Waals surface area contributed by atoms with Crippen LogP contribution in [0.15, 0.2) is 47.4 Å². The van der Waals surface area contributed by atoms with Crippen LogP contribution in [0.1, 0.15) is 11.1 Å². The minimum absolute atomic E-state index is 0.261. The number of hydrogen-bond acceptors (Lipinski definition) is 3. The van der Waals surface area contributed by atoms with Crippen molar-refractivity contribution in [3.05, 3.63) is 53.6 Å². The van der Waals surface area contributed by atoms with E-state index in [1.165, 1.54) is 6.26 Å². The average Bonchev–Trinajstić information content (AvgIpc) is 2.37. The van der Waals surface area contributed by atoms with Gasteiger partial charge in [0, 0.05) is 11.8 Å². The zero-order valence-electron chi connectivity index (χ0n) is 10.7. The molecule has 4 heteroatoms. The van der Waals surface area contributed by atoms with Crippen molar-refractivity contribution in [2.24, 2.45) is 0 Å². The molecule has 0 atom stereocenters. The van der Waals surface area contributed by atoms with Crippen LogP contribution in [0.25, 0.3) is 11.1 Å². The smallest absolute Gasteiger partial charge is 0.175 e. The Bertz CT molecular complexity index is 771. The van der Waals surface area contributed by atoms with E-state index in [-0.39, 0.29) is 4.90 Å². The maximum atomic E-state index is 11.6. The topological polar surface area (TPSA) is 57.9 Å². The summed E-state index contributed by atoms with van der Waals surface area (Å²) in [5, 5.41) is 9.17. The lowest BCUT2D eigenvalue weighted by Gasteiger charge is -2.09. The molecule has 0 bridgehead atoms. The van der Waals surface area contributed by atoms with Crippen LogP contribution in [0.3, 0.4) is 0 Å². The van der Waals surface area contributed by atoms with Gasteiger partial charge in [0.1, 0.15) is 0 Å². The molecule has 0 aromatic heterocycles. The fourth-order valence-corrected chi connectivity index (χ4v) is 2.69. The fourth-order valence-electron chi connectivity index (χ4n) is 2.03. The van der Waals surface area contributed by atoms with Crippen LogP contribution in [-0.2, 0) is 9.84 Å². The molecule has 19 heavy (non-hydrogen) atoms. The highest BCUT2D eigenvalue weighted by molar-refractivity contribution is 7.90. The predicted octanol–water partition coefficient (Wildman–Crippen LogP) is 2.94. The van der Waals surface area contributed by atoms with Gasteiger partial charge in [0.15, 0.2) is 9.84 Å². The van der Waals surface area contributed by atoms with Gasteiger partial charge in [-0.2, -0.15) is 5.26 Å². The molecule has 0 amide bonds. The first kappa shape index (κ1) is 13.3. The summed E-state index contributed by atoms with van der Waals surface area (Å²) in [6.45, 7) is 1.91. The van der Waals surface area contributed by atoms with Gasteiger partial charge in [-0.1, -0.05) is 24.3 Å². The van der Waals surface area contributed by atoms with Crippen molar-refractivity contribution in [3.8, 4) is 17.2 Å². The second-order valence-corrected chi connectivity index (χ2v) is 6.43. The molecule has 3 nitrogen and oxygen atoms in total. The number of hydrogen-bond donors (Lipinski definition) is 0. The van der Waals surface area contributed by atoms with E-state index in [2.05, 4.69) is 6.07 Å². The SMILES string of the molecule is Cc1cccc(C#N)c1-c1cccc(S(C)(=O)=O)c1. The summed E-state index contributed by atoms with van der Waals surface area (Å²) in [4.78, 5) is 0.261. The summed E-state index contributed by atoms with van der Waals surface area (Å²) in [6.07, 6.45) is 1.18. The van der Waals surface area contributed by atoms with Crippen LogP contribution in [0.2, 0.25) is 0 Å². The van der Waals surface area contributed by atoms with Crippen LogP contribution >= 0.6 is 0 Å². The number of sulfone groups is 1. The van der Waals surface area contributed by atoms with E-state index >= 15 is 0 Å². The first-order chi connectivity index (χ1) is 8.93. The predicted molar refractivity (Wildman–Crippen MR) is 74.4 cm³/mol. The second-order valence-electron chi connectivity index (χ2n) is 4.41. The van der Waals surface area contributed by atoms with Crippen molar-refractivity contribution in [1.82, 2.24) is 0 Å². The van der Waals surface area contributed by atoms with Crippen molar-refractivity contribution in [1.29, 1.82) is 5.26 Å². The zero-order chi connectivity index (χ0) is 14.0. The average molecular weight is 271 g/mol. The maximum Gasteiger partial charge on any atom is 0.175 e. The Kier molecular flexibility index (Phi) is 3.41. The first-order valence-electron chi connectivity index (χ1n) is 5.73. The molecule has 0 fully saturated rings. The Balaban J connectivity index is 2.71. The van der Waals surface area contributed by atoms with Crippen LogP contribution in [-0.4, -0.2) is 14.7 Å². The Morgan fingerprint density at radius 1 is 1.11 bits per heavy atom. The molecule has 0 aliphatic carbocycles. The van der Waals surface area contributed by atoms with Crippen LogP contribution < -0.4 is 0 Å². The number of nitrogens with zero attached hydrogens (tertiary/aromatic N) is 1. The Morgan fingerprint density at radius 3 is 2.42 bits per heavy atom. The molecule has 2 aromatic carbocycles. The third kappa shape index (κ3) is 2.67. The standard InChI is InChI=1S/C15H13NO2S/c1-11-5-3-7-13(10-16)15(11)12-6-4-8-14(9-12)19(2,17)18/h3-9H,1-2H3. The summed E-state index contributed by atoms with van der Waals surface area (Å²) >= 11 is 0. The van der Waals surface area contributed by atoms with Crippen LogP contribution in [0, 0.1) is 18.3 Å². The second kappa shape index (κ2) is 4.87. The van der Waals surface area contributed by atoms with Gasteiger partial charge in [-0.05, 0) is 36.2 Å². The molecule has 0 unspecified atom stereocenters. The van der Waals surface area contributed by atoms with Crippen LogP contribution in [0.5, 0.6) is 0 Å². The maximum absolute atomic E-state index is 11.6. The normalized spacial score (nSPS) is 11.0. The van der Waals surface area contributed by atoms with Gasteiger partial charge in [0.05, 0.1) is 16.5 Å². The third-order valence-corrected chi connectivity index (χ3v) is 4.05. The van der Waals surface area contributed by atoms with E-state index in [4.69, 9.17) is 5.26 Å². The van der Waals surface area contributed by atoms with E-state index in [1.54, 1.807) is 24.3 Å². The molecule has 0 saturated heterocycles. The Morgan fingerprint density at radius 2 is 1.79 bits per heavy atom. The van der Waals surface area contributed by atoms with Gasteiger partial charge in [-0.3, -0.25) is 0 Å². The van der Waals surface area contributed by atoms with Gasteiger partial charge in [-0.15, -0.1) is 0 Å². The van der Waals surface area contributed by atoms with E-state index in [1.807, 2.05) is 25.1 Å². The molecular weight excluding hydrogens is 258 g/mol. The van der Waals surface area contributed by atoms with E-state index in [9.17, 15) is 8.42 Å². The molecule has 0 aliphatic rings. The summed E-state index contributed by atoms with van der Waals surface area (Å²) in [6, 6.07) is 14.3. The third-order valence-electron chi connectivity index (χ3n) is 2.94. The van der Waals surface area contributed by atoms with Crippen molar-refractivity contribution < 1.29 is 8.42 Å². The highest BCUT2D eigenvalue weighted by Crippen LogP contribution is 2.28. The van der Waals surface area contributed by atoms with E-state index in [0.29, 0.717) is 5.56 Å². The molecule has 2 rings (SSSR count). The number of benzene rings is 2. The summed E-state index contributed by atoms with van der Waals surface area (Å²) in [7, 11) is -3.25. The highest BCUT2D eigenvalue weighted by atomic mass is 32.2. The van der Waals surface area contributed by atoms with E-state index in [0.717, 1.165) is 16.7 Å². The van der Waals surface area contributed by atoms with Gasteiger partial charge >= 0.3 is 0 Å². The fraction of sp³-hybridized carbons (Fsp3) is 0.133. The largest absolute Gasteiger partial charge is 0.224 e. The molecule has 0 spiro atoms. The zero-order valence-corrected chi connectivity index (χ0v) is 11.5. The molecule has 96 valence electrons. The van der Waals surface area contributed by atoms with Crippen molar-refractivity contribution >= 4 is 9.84 Å². The Hall–Kier alpha value is -2.12. The van der Waals surface area contributed by atoms with Gasteiger partial charge in [0.2, 0.25) is 0 Å². The molecule has 0 heterocycles. The number of nitriles is 1. The molecule has 0 saturated carbocycles. The van der Waals surface area contributed by atoms with Crippen molar-refractivity contribution in [3.63, 3.8) is 0 Å².